The second-order valence-corrected chi connectivity index (χ2v) is 10.1. The number of carbonyl (C=O) groups excluding carboxylic acids is 2. The van der Waals surface area contributed by atoms with Crippen LogP contribution < -0.4 is 0 Å². The summed E-state index contributed by atoms with van der Waals surface area (Å²) in [7, 11) is 2.69. The van der Waals surface area contributed by atoms with Gasteiger partial charge in [0, 0.05) is 46.4 Å². The lowest BCUT2D eigenvalue weighted by molar-refractivity contribution is -0.435. The molecule has 0 radical (unpaired) electrons. The number of rotatable bonds is 8. The van der Waals surface area contributed by atoms with Crippen molar-refractivity contribution in [2.45, 2.75) is 37.6 Å². The Hall–Kier alpha value is -2.34. The summed E-state index contributed by atoms with van der Waals surface area (Å²) in [6, 6.07) is 13.3. The van der Waals surface area contributed by atoms with Crippen LogP contribution in [0.25, 0.3) is 11.5 Å². The number of ether oxygens (including phenoxy) is 4. The van der Waals surface area contributed by atoms with Gasteiger partial charge in [-0.15, -0.1) is 0 Å². The molecule has 0 aliphatic carbocycles. The quantitative estimate of drug-likeness (QED) is 0.298. The van der Waals surface area contributed by atoms with Crippen molar-refractivity contribution in [3.05, 3.63) is 80.8 Å². The number of benzene rings is 2. The first kappa shape index (κ1) is 28.2. The van der Waals surface area contributed by atoms with Crippen molar-refractivity contribution in [2.75, 3.05) is 14.2 Å². The van der Waals surface area contributed by atoms with Crippen molar-refractivity contribution < 1.29 is 38.7 Å². The summed E-state index contributed by atoms with van der Waals surface area (Å²) in [4.78, 5) is 26.5. The monoisotopic (exact) mass is 624 g/mol. The molecule has 3 rings (SSSR count). The number of aliphatic hydroxyl groups excluding tert-OH is 2. The van der Waals surface area contributed by atoms with Crippen molar-refractivity contribution in [1.82, 2.24) is 0 Å². The van der Waals surface area contributed by atoms with Crippen LogP contribution in [0, 0.1) is 0 Å². The molecule has 8 nitrogen and oxygen atoms in total. The van der Waals surface area contributed by atoms with Gasteiger partial charge in [-0.2, -0.15) is 0 Å². The number of methoxy groups -OCH3 is 2. The van der Waals surface area contributed by atoms with Gasteiger partial charge in [0.25, 0.3) is 0 Å². The maximum absolute atomic E-state index is 13.3. The molecule has 1 aliphatic rings. The number of aliphatic hydroxyl groups is 2. The van der Waals surface area contributed by atoms with Crippen LogP contribution in [0.15, 0.2) is 69.6 Å². The summed E-state index contributed by atoms with van der Waals surface area (Å²) < 4.78 is 24.4. The van der Waals surface area contributed by atoms with E-state index in [1.165, 1.54) is 28.1 Å². The number of hydrogen-bond donors (Lipinski definition) is 2. The Morgan fingerprint density at radius 2 is 1.06 bits per heavy atom. The van der Waals surface area contributed by atoms with Crippen LogP contribution in [-0.2, 0) is 28.5 Å². The fourth-order valence-corrected chi connectivity index (χ4v) is 4.07. The first-order valence-corrected chi connectivity index (χ1v) is 12.4. The van der Waals surface area contributed by atoms with E-state index >= 15 is 0 Å². The molecule has 1 heterocycles. The predicted molar refractivity (Wildman–Crippen MR) is 140 cm³/mol. The van der Waals surface area contributed by atoms with Gasteiger partial charge in [-0.3, -0.25) is 9.59 Å². The van der Waals surface area contributed by atoms with Crippen LogP contribution in [0.2, 0.25) is 0 Å². The molecular weight excluding hydrogens is 600 g/mol. The molecule has 1 fully saturated rings. The molecule has 36 heavy (non-hydrogen) atoms. The Kier molecular flexibility index (Phi) is 8.92. The van der Waals surface area contributed by atoms with Gasteiger partial charge in [0.2, 0.25) is 11.6 Å². The van der Waals surface area contributed by atoms with E-state index in [2.05, 4.69) is 31.9 Å². The van der Waals surface area contributed by atoms with Gasteiger partial charge >= 0.3 is 0 Å². The third kappa shape index (κ3) is 5.96. The van der Waals surface area contributed by atoms with Gasteiger partial charge in [-0.05, 0) is 38.1 Å². The number of halogens is 2. The van der Waals surface area contributed by atoms with Crippen LogP contribution in [0.3, 0.4) is 0 Å². The standard InChI is InChI=1S/C26H26Br2O8/c1-25(33-3)26(2,34-4)36-24(22(32)14-20(30)16-7-11-18(28)12-8-16)23(35-25)21(31)13-19(29)15-5-9-17(27)10-6-15/h5-14,23-24,29-30H,1-4H3/b19-13-,20-14-/t23-,24-,25+,26+/m0/s1. The number of hydrogen-bond acceptors (Lipinski definition) is 8. The lowest BCUT2D eigenvalue weighted by Gasteiger charge is -2.50. The fraction of sp³-hybridized carbons (Fsp3) is 0.308. The Labute approximate surface area is 225 Å². The first-order chi connectivity index (χ1) is 16.9. The summed E-state index contributed by atoms with van der Waals surface area (Å²) in [5.41, 5.74) is 0.769. The van der Waals surface area contributed by atoms with Crippen molar-refractivity contribution in [3.8, 4) is 0 Å². The van der Waals surface area contributed by atoms with Gasteiger partial charge in [0.1, 0.15) is 11.5 Å². The normalized spacial score (nSPS) is 27.1. The van der Waals surface area contributed by atoms with E-state index in [0.29, 0.717) is 11.1 Å². The van der Waals surface area contributed by atoms with Crippen LogP contribution in [0.1, 0.15) is 25.0 Å². The average molecular weight is 626 g/mol. The first-order valence-electron chi connectivity index (χ1n) is 10.8. The number of ketones is 2. The van der Waals surface area contributed by atoms with Gasteiger partial charge in [-0.1, -0.05) is 56.1 Å². The molecule has 192 valence electrons. The summed E-state index contributed by atoms with van der Waals surface area (Å²) in [5.74, 6) is -5.31. The molecule has 1 aliphatic heterocycles. The summed E-state index contributed by atoms with van der Waals surface area (Å²) >= 11 is 6.63. The lowest BCUT2D eigenvalue weighted by Crippen LogP contribution is -2.67. The Bertz CT molecular complexity index is 1080. The van der Waals surface area contributed by atoms with Crippen LogP contribution >= 0.6 is 31.9 Å². The zero-order valence-electron chi connectivity index (χ0n) is 20.0. The smallest absolute Gasteiger partial charge is 0.221 e. The Morgan fingerprint density at radius 1 is 0.750 bits per heavy atom. The van der Waals surface area contributed by atoms with Crippen molar-refractivity contribution in [1.29, 1.82) is 0 Å². The second-order valence-electron chi connectivity index (χ2n) is 8.25. The van der Waals surface area contributed by atoms with Gasteiger partial charge in [0.15, 0.2) is 23.8 Å². The third-order valence-corrected chi connectivity index (χ3v) is 7.04. The van der Waals surface area contributed by atoms with Gasteiger partial charge in [-0.25, -0.2) is 0 Å². The molecule has 0 spiro atoms. The molecule has 0 bridgehead atoms. The highest BCUT2D eigenvalue weighted by Crippen LogP contribution is 2.40. The molecule has 10 heteroatoms. The average Bonchev–Trinajstić information content (AvgIpc) is 2.85. The van der Waals surface area contributed by atoms with Crippen LogP contribution in [0.4, 0.5) is 0 Å². The molecule has 1 saturated heterocycles. The zero-order chi connectivity index (χ0) is 26.7. The molecule has 2 N–H and O–H groups in total. The van der Waals surface area contributed by atoms with Crippen LogP contribution in [-0.4, -0.2) is 59.8 Å². The molecule has 0 unspecified atom stereocenters. The predicted octanol–water partition coefficient (Wildman–Crippen LogP) is 5.36. The van der Waals surface area contributed by atoms with Gasteiger partial charge < -0.3 is 29.2 Å². The van der Waals surface area contributed by atoms with Crippen molar-refractivity contribution in [3.63, 3.8) is 0 Å². The molecular formula is C26H26Br2O8. The maximum atomic E-state index is 13.3. The van der Waals surface area contributed by atoms with Crippen molar-refractivity contribution in [2.24, 2.45) is 0 Å². The van der Waals surface area contributed by atoms with E-state index in [9.17, 15) is 19.8 Å². The Morgan fingerprint density at radius 3 is 1.33 bits per heavy atom. The van der Waals surface area contributed by atoms with E-state index in [1.54, 1.807) is 48.5 Å². The van der Waals surface area contributed by atoms with Crippen molar-refractivity contribution >= 4 is 54.9 Å². The summed E-state index contributed by atoms with van der Waals surface area (Å²) in [5, 5.41) is 21.0. The molecule has 2 aromatic carbocycles. The van der Waals surface area contributed by atoms with E-state index in [0.717, 1.165) is 21.1 Å². The largest absolute Gasteiger partial charge is 0.507 e. The van der Waals surface area contributed by atoms with E-state index < -0.39 is 35.3 Å². The highest BCUT2D eigenvalue weighted by Gasteiger charge is 2.59. The molecule has 2 aromatic rings. The maximum Gasteiger partial charge on any atom is 0.221 e. The highest BCUT2D eigenvalue weighted by atomic mass is 79.9. The summed E-state index contributed by atoms with van der Waals surface area (Å²) in [6.45, 7) is 3.01. The minimum Gasteiger partial charge on any atom is -0.507 e. The summed E-state index contributed by atoms with van der Waals surface area (Å²) in [6.07, 6.45) is -1.11. The third-order valence-electron chi connectivity index (χ3n) is 5.98. The zero-order valence-corrected chi connectivity index (χ0v) is 23.2. The molecule has 0 saturated carbocycles. The Balaban J connectivity index is 1.99. The SMILES string of the molecule is CO[C@]1(C)O[C@@H](C(=O)/C=C(\O)c2ccc(Br)cc2)[C@H](C(=O)/C=C(\O)c2ccc(Br)cc2)O[C@@]1(C)OC. The fourth-order valence-electron chi connectivity index (χ4n) is 3.55. The molecule has 4 atom stereocenters. The van der Waals surface area contributed by atoms with Gasteiger partial charge in [0.05, 0.1) is 0 Å². The van der Waals surface area contributed by atoms with E-state index in [4.69, 9.17) is 18.9 Å². The highest BCUT2D eigenvalue weighted by molar-refractivity contribution is 9.10. The van der Waals surface area contributed by atoms with Crippen LogP contribution in [0.5, 0.6) is 0 Å². The topological polar surface area (TPSA) is 112 Å². The number of carbonyl (C=O) groups is 2. The molecule has 0 amide bonds. The van der Waals surface area contributed by atoms with E-state index in [1.807, 2.05) is 0 Å². The molecule has 0 aromatic heterocycles. The second kappa shape index (κ2) is 11.4. The minimum absolute atomic E-state index is 0.324. The van der Waals surface area contributed by atoms with E-state index in [-0.39, 0.29) is 11.5 Å². The minimum atomic E-state index is -1.59. The lowest BCUT2D eigenvalue weighted by atomic mass is 9.96.